The predicted molar refractivity (Wildman–Crippen MR) is 553 cm³/mol. The van der Waals surface area contributed by atoms with Crippen LogP contribution < -0.4 is 66.6 Å². The van der Waals surface area contributed by atoms with E-state index in [-0.39, 0.29) is 50.1 Å². The molecule has 0 unspecified atom stereocenters. The number of halogens is 8. The van der Waals surface area contributed by atoms with Gasteiger partial charge >= 0.3 is 18.3 Å². The maximum atomic E-state index is 12.4. The number of carbonyl (C=O) groups is 3. The summed E-state index contributed by atoms with van der Waals surface area (Å²) in [6, 6.07) is 33.3. The molecule has 3 aromatic carbocycles. The van der Waals surface area contributed by atoms with E-state index in [2.05, 4.69) is 141 Å². The molecule has 7 N–H and O–H groups in total. The van der Waals surface area contributed by atoms with Crippen LogP contribution in [0.25, 0.3) is 0 Å². The van der Waals surface area contributed by atoms with Crippen molar-refractivity contribution in [1.82, 2.24) is 80.5 Å². The number of carbonyl (C=O) groups excluding carboxylic acids is 3. The second-order valence-corrected chi connectivity index (χ2v) is 38.4. The lowest BCUT2D eigenvalue weighted by molar-refractivity contribution is 0.0221. The van der Waals surface area contributed by atoms with Crippen LogP contribution in [0.15, 0.2) is 103 Å². The van der Waals surface area contributed by atoms with Crippen molar-refractivity contribution in [2.45, 2.75) is 99.9 Å². The summed E-state index contributed by atoms with van der Waals surface area (Å²) in [7, 11) is 0. The largest absolute Gasteiger partial charge is 0.444 e. The van der Waals surface area contributed by atoms with E-state index in [1.54, 1.807) is 26.8 Å². The highest BCUT2D eigenvalue weighted by Crippen LogP contribution is 2.30. The summed E-state index contributed by atoms with van der Waals surface area (Å²) < 4.78 is 42.8. The number of nitrogens with zero attached hydrogens (tertiary/aromatic N) is 20. The van der Waals surface area contributed by atoms with Crippen molar-refractivity contribution in [1.29, 1.82) is 0 Å². The van der Waals surface area contributed by atoms with E-state index in [9.17, 15) is 14.4 Å². The Morgan fingerprint density at radius 2 is 0.594 bits per heavy atom. The molecule has 0 saturated carbocycles. The third-order valence-corrected chi connectivity index (χ3v) is 22.0. The molecule has 37 nitrogen and oxygen atoms in total. The first kappa shape index (κ1) is 112. The molecule has 9 fully saturated rings. The number of ether oxygens (including phenoxy) is 8. The summed E-state index contributed by atoms with van der Waals surface area (Å²) in [6.07, 6.45) is -0.751. The fourth-order valence-corrected chi connectivity index (χ4v) is 15.1. The molecule has 9 aliphatic rings. The van der Waals surface area contributed by atoms with E-state index >= 15 is 0 Å². The number of nitrogen functional groups attached to an aromatic ring is 1. The smallest absolute Gasteiger partial charge is 0.410 e. The molecule has 5 aromatic heterocycles. The molecular formula is C93H134Cl8N26O11. The number of hydrogen-bond donors (Lipinski definition) is 6. The Hall–Kier alpha value is -9.13. The summed E-state index contributed by atoms with van der Waals surface area (Å²) in [4.78, 5) is 99.9. The molecule has 45 heteroatoms. The number of aryl methyl sites for hydroxylation is 3. The van der Waals surface area contributed by atoms with Crippen LogP contribution in [0.5, 0.6) is 0 Å². The van der Waals surface area contributed by atoms with Gasteiger partial charge in [-0.25, -0.2) is 39.3 Å². The van der Waals surface area contributed by atoms with Gasteiger partial charge in [0.25, 0.3) is 0 Å². The number of nitrogens with two attached hydrogens (primary N) is 1. The molecule has 9 aliphatic heterocycles. The van der Waals surface area contributed by atoms with Crippen molar-refractivity contribution >= 4 is 181 Å². The molecule has 14 heterocycles. The van der Waals surface area contributed by atoms with Gasteiger partial charge in [0.2, 0.25) is 28.4 Å². The second kappa shape index (κ2) is 58.3. The second-order valence-electron chi connectivity index (χ2n) is 35.4. The summed E-state index contributed by atoms with van der Waals surface area (Å²) in [5.74, 6) is 7.07. The van der Waals surface area contributed by atoms with Crippen LogP contribution in [0.3, 0.4) is 0 Å². The number of anilines is 12. The average Bonchev–Trinajstić information content (AvgIpc) is 0.886. The number of nitrogens with one attached hydrogen (secondary N) is 5. The van der Waals surface area contributed by atoms with Crippen molar-refractivity contribution in [3.63, 3.8) is 0 Å². The lowest BCUT2D eigenvalue weighted by Gasteiger charge is -2.36. The quantitative estimate of drug-likeness (QED) is 0.0230. The topological polar surface area (TPSA) is 373 Å². The highest BCUT2D eigenvalue weighted by atomic mass is 35.5. The Bertz CT molecular complexity index is 4800. The Morgan fingerprint density at radius 3 is 0.899 bits per heavy atom. The highest BCUT2D eigenvalue weighted by Gasteiger charge is 2.32. The van der Waals surface area contributed by atoms with E-state index in [0.29, 0.717) is 114 Å². The minimum Gasteiger partial charge on any atom is -0.444 e. The highest BCUT2D eigenvalue weighted by molar-refractivity contribution is 6.40. The molecule has 138 heavy (non-hydrogen) atoms. The lowest BCUT2D eigenvalue weighted by Crippen LogP contribution is -2.50. The van der Waals surface area contributed by atoms with Crippen LogP contribution >= 0.6 is 92.8 Å². The molecule has 0 bridgehead atoms. The van der Waals surface area contributed by atoms with Crippen LogP contribution in [-0.4, -0.2) is 341 Å². The van der Waals surface area contributed by atoms with Crippen molar-refractivity contribution < 1.29 is 52.3 Å². The van der Waals surface area contributed by atoms with E-state index < -0.39 is 11.2 Å². The minimum atomic E-state index is -0.500. The number of rotatable bonds is 11. The minimum absolute atomic E-state index is 0.0625. The van der Waals surface area contributed by atoms with Gasteiger partial charge in [0, 0.05) is 218 Å². The molecular weight excluding hydrogens is 1940 g/mol. The maximum absolute atomic E-state index is 12.4. The zero-order valence-electron chi connectivity index (χ0n) is 81.0. The van der Waals surface area contributed by atoms with Crippen molar-refractivity contribution in [2.24, 2.45) is 0 Å². The first-order chi connectivity index (χ1) is 66.0. The summed E-state index contributed by atoms with van der Waals surface area (Å²) in [5.41, 5.74) is 10.6. The molecule has 0 aliphatic carbocycles. The standard InChI is InChI=1S/C24H34N6O3.C19H26N6O.C17H26ClN5O3.C9H18N2O2.C8H9Cl2N3O.C7H9N.C4HCl3N2.C4H9NO.CH2Cl2/c1-18-5-7-19(8-6-18)25-20-17-21(28-13-15-32-16-14-28)27-22(26-20)29-9-11-30(12-10-29)23(31)33-24(2,3)4;1-15-2-4-16(5-3-15)21-17-14-18(24-10-12-26-13-11-24)23-19(22-17)25-8-6-20-7-9-25;1-17(2,3)26-16(24)23-6-4-22(5-7-23)15-19-13(18)12-14(20-15)21-8-10-25-11-9-21;1-9(2,3)13-8(12)11-6-4-10-5-7-11;9-6-5-7(12-8(10)11-6)13-1-3-14-4-2-13;1-6-2-4-7(8)5-3-6;5-2-1-3(6)9-4(7)8-2;1-3-6-4-2-5-1;2-1-3/h5-8,17H,9-16H2,1-4H3,(H,25,26,27);2-5,14,20H,6-13H2,1H3,(H,21,22,23);12H,4-11H2,1-3H3;10H,4-7H2,1-3H3;5H,1-4H2;2-5H,8H2,1H3;1H;5H,1-4H2;1H2. The molecule has 0 radical (unpaired) electrons. The average molecular weight is 2080 g/mol. The van der Waals surface area contributed by atoms with Crippen molar-refractivity contribution in [2.75, 3.05) is 292 Å². The normalized spacial score (nSPS) is 16.9. The van der Waals surface area contributed by atoms with Gasteiger partial charge in [0.15, 0.2) is 0 Å². The van der Waals surface area contributed by atoms with E-state index in [0.717, 1.165) is 202 Å². The number of morpholine rings is 5. The molecule has 0 atom stereocenters. The summed E-state index contributed by atoms with van der Waals surface area (Å²) >= 11 is 43.4. The summed E-state index contributed by atoms with van der Waals surface area (Å²) in [6.45, 7) is 51.0. The molecule has 8 aromatic rings. The zero-order chi connectivity index (χ0) is 99.6. The maximum Gasteiger partial charge on any atom is 0.410 e. The SMILES string of the molecule is C1COCCN1.CC(C)(C)OC(=O)N1CCN(c2nc(Cl)cc(N3CCOCC3)n2)CC1.CC(C)(C)OC(=O)N1CCNCC1.Cc1ccc(N)cc1.Cc1ccc(Nc2cc(N3CCOCC3)nc(N3CCN(C(=O)OC(C)(C)C)CC3)n2)cc1.Cc1ccc(Nc2cc(N3CCOCC3)nc(N3CCNCC3)n2)cc1.ClCCl.Clc1cc(Cl)nc(Cl)n1.Clc1cc(N2CCOCC2)nc(Cl)n1. The van der Waals surface area contributed by atoms with E-state index in [4.69, 9.17) is 156 Å². The van der Waals surface area contributed by atoms with Gasteiger partial charge in [-0.1, -0.05) is 99.5 Å². The first-order valence-corrected chi connectivity index (χ1v) is 49.5. The summed E-state index contributed by atoms with van der Waals surface area (Å²) in [5, 5.41) is 18.3. The number of amides is 3. The Morgan fingerprint density at radius 1 is 0.326 bits per heavy atom. The van der Waals surface area contributed by atoms with Gasteiger partial charge in [0.05, 0.1) is 71.4 Å². The van der Waals surface area contributed by atoms with Gasteiger partial charge < -0.3 is 119 Å². The van der Waals surface area contributed by atoms with Gasteiger partial charge in [-0.15, -0.1) is 23.2 Å². The van der Waals surface area contributed by atoms with Crippen LogP contribution in [0.2, 0.25) is 31.2 Å². The van der Waals surface area contributed by atoms with Crippen molar-refractivity contribution in [3.05, 3.63) is 151 Å². The fraction of sp³-hybridized carbons (Fsp3) is 0.559. The van der Waals surface area contributed by atoms with Crippen LogP contribution in [0.1, 0.15) is 79.0 Å². The third kappa shape index (κ3) is 42.3. The van der Waals surface area contributed by atoms with E-state index in [1.165, 1.54) is 22.8 Å². The van der Waals surface area contributed by atoms with Crippen LogP contribution in [0.4, 0.5) is 84.2 Å². The van der Waals surface area contributed by atoms with Gasteiger partial charge in [-0.05, 0) is 143 Å². The zero-order valence-corrected chi connectivity index (χ0v) is 87.1. The number of aromatic nitrogens is 10. The first-order valence-electron chi connectivity index (χ1n) is 46.2. The molecule has 17 rings (SSSR count). The third-order valence-electron chi connectivity index (χ3n) is 20.9. The Balaban J connectivity index is 0.000000185. The van der Waals surface area contributed by atoms with Gasteiger partial charge in [-0.3, -0.25) is 0 Å². The molecule has 758 valence electrons. The lowest BCUT2D eigenvalue weighted by atomic mass is 10.2. The molecule has 0 spiro atoms. The molecule has 3 amide bonds. The fourth-order valence-electron chi connectivity index (χ4n) is 13.9. The van der Waals surface area contributed by atoms with Crippen molar-refractivity contribution in [3.8, 4) is 0 Å². The monoisotopic (exact) mass is 2070 g/mol. The number of piperazine rings is 4. The number of alkyl halides is 2. The van der Waals surface area contributed by atoms with Gasteiger partial charge in [-0.2, -0.15) is 24.9 Å². The Labute approximate surface area is 851 Å². The number of hydrogen-bond acceptors (Lipinski definition) is 34. The van der Waals surface area contributed by atoms with E-state index in [1.807, 2.05) is 118 Å². The van der Waals surface area contributed by atoms with Gasteiger partial charge in [0.1, 0.15) is 72.3 Å². The Kier molecular flexibility index (Phi) is 47.5. The number of benzene rings is 3. The predicted octanol–water partition coefficient (Wildman–Crippen LogP) is 14.7. The van der Waals surface area contributed by atoms with Crippen LogP contribution in [-0.2, 0) is 37.9 Å². The molecule has 9 saturated heterocycles. The van der Waals surface area contributed by atoms with Crippen LogP contribution in [0, 0.1) is 20.8 Å².